The summed E-state index contributed by atoms with van der Waals surface area (Å²) >= 11 is 3.42. The Balaban J connectivity index is 2.96. The molecule has 0 heterocycles. The summed E-state index contributed by atoms with van der Waals surface area (Å²) in [5.41, 5.74) is 1.51. The fourth-order valence-corrected chi connectivity index (χ4v) is 1.98. The van der Waals surface area contributed by atoms with Crippen LogP contribution >= 0.6 is 15.9 Å². The van der Waals surface area contributed by atoms with Crippen LogP contribution in [0.15, 0.2) is 18.2 Å². The van der Waals surface area contributed by atoms with Gasteiger partial charge in [-0.25, -0.2) is 0 Å². The third-order valence-electron chi connectivity index (χ3n) is 2.66. The van der Waals surface area contributed by atoms with Gasteiger partial charge in [0, 0.05) is 10.7 Å². The van der Waals surface area contributed by atoms with Crippen LogP contribution in [0.5, 0.6) is 5.75 Å². The number of hydrogen-bond donors (Lipinski definition) is 1. The summed E-state index contributed by atoms with van der Waals surface area (Å²) in [5, 5.41) is 3.84. The van der Waals surface area contributed by atoms with Crippen LogP contribution in [0.1, 0.15) is 33.3 Å². The second-order valence-corrected chi connectivity index (χ2v) is 6.20. The summed E-state index contributed by atoms with van der Waals surface area (Å²) in [6, 6.07) is 5.91. The van der Waals surface area contributed by atoms with Crippen LogP contribution < -0.4 is 10.1 Å². The highest BCUT2D eigenvalue weighted by molar-refractivity contribution is 9.09. The molecule has 4 heteroatoms. The Morgan fingerprint density at radius 3 is 2.58 bits per heavy atom. The standard InChI is InChI=1S/C15H22BrNO2/c1-5-19-13-10-11(8-9-16)6-7-12(13)17-14(18)15(2,3)4/h6-7,10H,5,8-9H2,1-4H3,(H,17,18). The number of benzene rings is 1. The number of carbonyl (C=O) groups is 1. The monoisotopic (exact) mass is 327 g/mol. The lowest BCUT2D eigenvalue weighted by atomic mass is 9.95. The van der Waals surface area contributed by atoms with Crippen LogP contribution in [0.25, 0.3) is 0 Å². The van der Waals surface area contributed by atoms with Gasteiger partial charge in [0.1, 0.15) is 5.75 Å². The first kappa shape index (κ1) is 16.0. The van der Waals surface area contributed by atoms with Gasteiger partial charge in [-0.1, -0.05) is 42.8 Å². The molecule has 1 amide bonds. The van der Waals surface area contributed by atoms with Crippen molar-refractivity contribution in [2.45, 2.75) is 34.1 Å². The van der Waals surface area contributed by atoms with Crippen LogP contribution in [-0.4, -0.2) is 17.8 Å². The first-order valence-corrected chi connectivity index (χ1v) is 7.63. The van der Waals surface area contributed by atoms with Crippen LogP contribution in [0, 0.1) is 5.41 Å². The van der Waals surface area contributed by atoms with E-state index in [1.165, 1.54) is 5.56 Å². The van der Waals surface area contributed by atoms with Gasteiger partial charge in [-0.15, -0.1) is 0 Å². The third kappa shape index (κ3) is 4.86. The Morgan fingerprint density at radius 2 is 2.05 bits per heavy atom. The number of anilines is 1. The molecule has 1 aromatic rings. The van der Waals surface area contributed by atoms with Gasteiger partial charge >= 0.3 is 0 Å². The zero-order valence-corrected chi connectivity index (χ0v) is 13.6. The number of aryl methyl sites for hydroxylation is 1. The average Bonchev–Trinajstić information content (AvgIpc) is 2.32. The molecule has 0 saturated heterocycles. The molecule has 1 rings (SSSR count). The lowest BCUT2D eigenvalue weighted by Crippen LogP contribution is -2.27. The van der Waals surface area contributed by atoms with Crippen molar-refractivity contribution in [3.05, 3.63) is 23.8 Å². The van der Waals surface area contributed by atoms with E-state index in [-0.39, 0.29) is 5.91 Å². The Bertz CT molecular complexity index is 438. The lowest BCUT2D eigenvalue weighted by molar-refractivity contribution is -0.123. The molecule has 0 fully saturated rings. The van der Waals surface area contributed by atoms with E-state index in [1.807, 2.05) is 45.9 Å². The summed E-state index contributed by atoms with van der Waals surface area (Å²) in [5.74, 6) is 0.722. The number of halogens is 1. The summed E-state index contributed by atoms with van der Waals surface area (Å²) in [6.45, 7) is 8.19. The van der Waals surface area contributed by atoms with E-state index in [2.05, 4.69) is 21.2 Å². The maximum atomic E-state index is 12.0. The van der Waals surface area contributed by atoms with Crippen LogP contribution in [0.4, 0.5) is 5.69 Å². The normalized spacial score (nSPS) is 11.2. The first-order valence-electron chi connectivity index (χ1n) is 6.51. The van der Waals surface area contributed by atoms with Gasteiger partial charge < -0.3 is 10.1 Å². The Labute approximate surface area is 123 Å². The molecule has 0 aromatic heterocycles. The molecule has 0 bridgehead atoms. The highest BCUT2D eigenvalue weighted by Crippen LogP contribution is 2.28. The Hall–Kier alpha value is -1.03. The van der Waals surface area contributed by atoms with Crippen molar-refractivity contribution in [1.29, 1.82) is 0 Å². The number of rotatable bonds is 5. The molecule has 1 aromatic carbocycles. The summed E-state index contributed by atoms with van der Waals surface area (Å²) in [6.07, 6.45) is 0.938. The van der Waals surface area contributed by atoms with Gasteiger partial charge in [-0.05, 0) is 31.0 Å². The molecule has 106 valence electrons. The highest BCUT2D eigenvalue weighted by atomic mass is 79.9. The fourth-order valence-electron chi connectivity index (χ4n) is 1.52. The quantitative estimate of drug-likeness (QED) is 0.830. The van der Waals surface area contributed by atoms with Gasteiger partial charge in [0.15, 0.2) is 0 Å². The zero-order chi connectivity index (χ0) is 14.5. The Morgan fingerprint density at radius 1 is 1.37 bits per heavy atom. The van der Waals surface area contributed by atoms with Crippen molar-refractivity contribution < 1.29 is 9.53 Å². The summed E-state index contributed by atoms with van der Waals surface area (Å²) in [4.78, 5) is 12.0. The number of amides is 1. The number of carbonyl (C=O) groups excluding carboxylic acids is 1. The van der Waals surface area contributed by atoms with Gasteiger partial charge in [-0.2, -0.15) is 0 Å². The van der Waals surface area contributed by atoms with E-state index in [0.717, 1.165) is 23.2 Å². The minimum atomic E-state index is -0.419. The topological polar surface area (TPSA) is 38.3 Å². The van der Waals surface area contributed by atoms with Crippen LogP contribution in [-0.2, 0) is 11.2 Å². The van der Waals surface area contributed by atoms with E-state index < -0.39 is 5.41 Å². The minimum absolute atomic E-state index is 0.0123. The van der Waals surface area contributed by atoms with Gasteiger partial charge in [-0.3, -0.25) is 4.79 Å². The third-order valence-corrected chi connectivity index (χ3v) is 3.05. The summed E-state index contributed by atoms with van der Waals surface area (Å²) < 4.78 is 5.61. The van der Waals surface area contributed by atoms with E-state index in [9.17, 15) is 4.79 Å². The molecular weight excluding hydrogens is 306 g/mol. The molecule has 0 aliphatic heterocycles. The number of alkyl halides is 1. The van der Waals surface area contributed by atoms with E-state index in [4.69, 9.17) is 4.74 Å². The number of hydrogen-bond acceptors (Lipinski definition) is 2. The zero-order valence-electron chi connectivity index (χ0n) is 12.0. The smallest absolute Gasteiger partial charge is 0.229 e. The largest absolute Gasteiger partial charge is 0.492 e. The molecule has 0 aliphatic carbocycles. The van der Waals surface area contributed by atoms with Gasteiger partial charge in [0.25, 0.3) is 0 Å². The maximum Gasteiger partial charge on any atom is 0.229 e. The van der Waals surface area contributed by atoms with Crippen molar-refractivity contribution in [2.75, 3.05) is 17.3 Å². The first-order chi connectivity index (χ1) is 8.88. The second-order valence-electron chi connectivity index (χ2n) is 5.41. The van der Waals surface area contributed by atoms with Crippen molar-refractivity contribution in [1.82, 2.24) is 0 Å². The lowest BCUT2D eigenvalue weighted by Gasteiger charge is -2.19. The number of nitrogens with one attached hydrogen (secondary N) is 1. The Kier molecular flexibility index (Phi) is 5.85. The molecule has 0 spiro atoms. The second kappa shape index (κ2) is 6.94. The molecule has 3 nitrogen and oxygen atoms in total. The van der Waals surface area contributed by atoms with Crippen LogP contribution in [0.2, 0.25) is 0 Å². The van der Waals surface area contributed by atoms with Crippen molar-refractivity contribution in [3.63, 3.8) is 0 Å². The van der Waals surface area contributed by atoms with E-state index >= 15 is 0 Å². The van der Waals surface area contributed by atoms with Gasteiger partial charge in [0.05, 0.1) is 12.3 Å². The molecular formula is C15H22BrNO2. The van der Waals surface area contributed by atoms with Crippen molar-refractivity contribution in [2.24, 2.45) is 5.41 Å². The minimum Gasteiger partial charge on any atom is -0.492 e. The maximum absolute atomic E-state index is 12.0. The molecule has 1 N–H and O–H groups in total. The molecule has 0 unspecified atom stereocenters. The molecule has 0 aliphatic rings. The van der Waals surface area contributed by atoms with Crippen LogP contribution in [0.3, 0.4) is 0 Å². The fraction of sp³-hybridized carbons (Fsp3) is 0.533. The number of ether oxygens (including phenoxy) is 1. The van der Waals surface area contributed by atoms with E-state index in [0.29, 0.717) is 6.61 Å². The molecule has 0 atom stereocenters. The predicted molar refractivity (Wildman–Crippen MR) is 83.2 cm³/mol. The SMILES string of the molecule is CCOc1cc(CCBr)ccc1NC(=O)C(C)(C)C. The van der Waals surface area contributed by atoms with Crippen molar-refractivity contribution >= 4 is 27.5 Å². The predicted octanol–water partition coefficient (Wildman–Crippen LogP) is 4.01. The highest BCUT2D eigenvalue weighted by Gasteiger charge is 2.22. The summed E-state index contributed by atoms with van der Waals surface area (Å²) in [7, 11) is 0. The molecule has 0 saturated carbocycles. The average molecular weight is 328 g/mol. The molecule has 0 radical (unpaired) electrons. The van der Waals surface area contributed by atoms with Gasteiger partial charge in [0.2, 0.25) is 5.91 Å². The van der Waals surface area contributed by atoms with Crippen molar-refractivity contribution in [3.8, 4) is 5.75 Å². The molecule has 19 heavy (non-hydrogen) atoms. The van der Waals surface area contributed by atoms with E-state index in [1.54, 1.807) is 0 Å².